The van der Waals surface area contributed by atoms with Crippen molar-refractivity contribution in [3.8, 4) is 0 Å². The van der Waals surface area contributed by atoms with Gasteiger partial charge < -0.3 is 4.52 Å². The van der Waals surface area contributed by atoms with Crippen molar-refractivity contribution in [2.75, 3.05) is 0 Å². The minimum atomic E-state index is -3.75. The molecule has 0 spiro atoms. The topological polar surface area (TPSA) is 147 Å². The molecule has 1 amide bonds. The molecular formula is C20H29N5O5S. The first kappa shape index (κ1) is 23.3. The van der Waals surface area contributed by atoms with Crippen LogP contribution in [0.15, 0.2) is 33.9 Å². The van der Waals surface area contributed by atoms with Crippen LogP contribution < -0.4 is 10.2 Å². The molecule has 10 nitrogen and oxygen atoms in total. The molecule has 2 heterocycles. The van der Waals surface area contributed by atoms with Crippen LogP contribution in [-0.2, 0) is 21.4 Å². The zero-order valence-corrected chi connectivity index (χ0v) is 18.2. The number of amides is 1. The number of sulfonamides is 1. The summed E-state index contributed by atoms with van der Waals surface area (Å²) in [6, 6.07) is 2.97. The summed E-state index contributed by atoms with van der Waals surface area (Å²) in [6.45, 7) is -0.151. The predicted octanol–water partition coefficient (Wildman–Crippen LogP) is 2.67. The van der Waals surface area contributed by atoms with Crippen LogP contribution >= 0.6 is 0 Å². The van der Waals surface area contributed by atoms with Crippen LogP contribution in [0.2, 0.25) is 0 Å². The average molecular weight is 452 g/mol. The zero-order valence-electron chi connectivity index (χ0n) is 17.4. The van der Waals surface area contributed by atoms with Crippen LogP contribution in [0.1, 0.15) is 75.4 Å². The Balaban J connectivity index is 1.58. The van der Waals surface area contributed by atoms with Gasteiger partial charge in [-0.1, -0.05) is 50.1 Å². The first-order chi connectivity index (χ1) is 15.0. The molecule has 1 atom stereocenters. The number of rotatable bonds is 11. The highest BCUT2D eigenvalue weighted by atomic mass is 32.2. The summed E-state index contributed by atoms with van der Waals surface area (Å²) in [5.41, 5.74) is 1.65. The van der Waals surface area contributed by atoms with Crippen molar-refractivity contribution in [3.63, 3.8) is 0 Å². The number of nitrogens with zero attached hydrogens (tertiary/aromatic N) is 3. The molecule has 0 aromatic carbocycles. The molecular weight excluding hydrogens is 422 g/mol. The second kappa shape index (κ2) is 11.3. The fourth-order valence-corrected chi connectivity index (χ4v) is 4.91. The number of hydroxylamine groups is 1. The number of nitrogens with one attached hydrogen (secondary N) is 2. The Kier molecular flexibility index (Phi) is 8.50. The van der Waals surface area contributed by atoms with Crippen molar-refractivity contribution in [2.24, 2.45) is 5.92 Å². The Bertz CT molecular complexity index is 928. The van der Waals surface area contributed by atoms with Crippen molar-refractivity contribution < 1.29 is 22.9 Å². The Labute approximate surface area is 181 Å². The number of carbonyl (C=O) groups is 1. The minimum absolute atomic E-state index is 0.0181. The van der Waals surface area contributed by atoms with E-state index >= 15 is 0 Å². The molecule has 31 heavy (non-hydrogen) atoms. The van der Waals surface area contributed by atoms with E-state index in [4.69, 9.17) is 9.73 Å². The van der Waals surface area contributed by atoms with Gasteiger partial charge in [0.1, 0.15) is 4.90 Å². The van der Waals surface area contributed by atoms with Gasteiger partial charge in [-0.05, 0) is 24.5 Å². The first-order valence-corrected chi connectivity index (χ1v) is 12.1. The lowest BCUT2D eigenvalue weighted by molar-refractivity contribution is -0.129. The molecule has 11 heteroatoms. The highest BCUT2D eigenvalue weighted by molar-refractivity contribution is 7.89. The Hall–Kier alpha value is -2.37. The van der Waals surface area contributed by atoms with E-state index in [9.17, 15) is 13.2 Å². The van der Waals surface area contributed by atoms with Gasteiger partial charge in [0, 0.05) is 24.7 Å². The van der Waals surface area contributed by atoms with Crippen molar-refractivity contribution >= 4 is 15.9 Å². The van der Waals surface area contributed by atoms with E-state index in [2.05, 4.69) is 19.8 Å². The van der Waals surface area contributed by atoms with Crippen LogP contribution in [0.25, 0.3) is 0 Å². The number of carbonyl (C=O) groups excluding carboxylic acids is 1. The second-order valence-corrected chi connectivity index (χ2v) is 9.70. The fraction of sp³-hybridized carbons (Fsp3) is 0.600. The van der Waals surface area contributed by atoms with Gasteiger partial charge in [-0.15, -0.1) is 0 Å². The summed E-state index contributed by atoms with van der Waals surface area (Å²) < 4.78 is 32.3. The number of hydrogen-bond donors (Lipinski definition) is 3. The van der Waals surface area contributed by atoms with Crippen LogP contribution in [0.4, 0.5) is 0 Å². The minimum Gasteiger partial charge on any atom is -0.339 e. The fourth-order valence-electron chi connectivity index (χ4n) is 3.97. The molecule has 0 radical (unpaired) electrons. The van der Waals surface area contributed by atoms with Crippen LogP contribution in [0.5, 0.6) is 0 Å². The van der Waals surface area contributed by atoms with Crippen molar-refractivity contribution in [3.05, 3.63) is 36.2 Å². The second-order valence-electron chi connectivity index (χ2n) is 7.93. The monoisotopic (exact) mass is 451 g/mol. The maximum atomic E-state index is 12.3. The molecule has 2 aromatic rings. The molecule has 1 aliphatic carbocycles. The van der Waals surface area contributed by atoms with E-state index in [-0.39, 0.29) is 35.5 Å². The Morgan fingerprint density at radius 1 is 1.29 bits per heavy atom. The van der Waals surface area contributed by atoms with Gasteiger partial charge in [0.15, 0.2) is 5.82 Å². The van der Waals surface area contributed by atoms with E-state index in [1.807, 2.05) is 0 Å². The summed E-state index contributed by atoms with van der Waals surface area (Å²) in [5, 5.41) is 12.7. The normalized spacial score (nSPS) is 16.2. The van der Waals surface area contributed by atoms with Gasteiger partial charge in [0.05, 0.1) is 6.54 Å². The molecule has 0 unspecified atom stereocenters. The summed E-state index contributed by atoms with van der Waals surface area (Å²) in [4.78, 5) is 19.9. The number of aromatic nitrogens is 3. The maximum absolute atomic E-state index is 12.3. The van der Waals surface area contributed by atoms with Gasteiger partial charge in [-0.3, -0.25) is 15.0 Å². The molecule has 0 aliphatic heterocycles. The summed E-state index contributed by atoms with van der Waals surface area (Å²) in [5.74, 6) is 0.291. The van der Waals surface area contributed by atoms with Crippen molar-refractivity contribution in [1.82, 2.24) is 25.3 Å². The van der Waals surface area contributed by atoms with Gasteiger partial charge in [-0.25, -0.2) is 18.6 Å². The average Bonchev–Trinajstić information content (AvgIpc) is 3.27. The molecule has 0 bridgehead atoms. The highest BCUT2D eigenvalue weighted by Crippen LogP contribution is 2.31. The van der Waals surface area contributed by atoms with E-state index in [0.717, 1.165) is 18.8 Å². The third-order valence-electron chi connectivity index (χ3n) is 5.64. The highest BCUT2D eigenvalue weighted by Gasteiger charge is 2.24. The molecule has 3 N–H and O–H groups in total. The third-order valence-corrected chi connectivity index (χ3v) is 7.03. The van der Waals surface area contributed by atoms with Crippen molar-refractivity contribution in [1.29, 1.82) is 0 Å². The van der Waals surface area contributed by atoms with Gasteiger partial charge in [0.2, 0.25) is 21.8 Å². The molecule has 1 saturated carbocycles. The third kappa shape index (κ3) is 7.08. The first-order valence-electron chi connectivity index (χ1n) is 10.6. The number of pyridine rings is 1. The summed E-state index contributed by atoms with van der Waals surface area (Å²) in [6.07, 6.45) is 11.8. The molecule has 1 fully saturated rings. The Morgan fingerprint density at radius 2 is 2.10 bits per heavy atom. The van der Waals surface area contributed by atoms with Crippen LogP contribution in [-0.4, -0.2) is 34.7 Å². The lowest BCUT2D eigenvalue weighted by Crippen LogP contribution is -2.24. The van der Waals surface area contributed by atoms with E-state index in [0.29, 0.717) is 6.42 Å². The summed E-state index contributed by atoms with van der Waals surface area (Å²) >= 11 is 0. The number of hydrogen-bond acceptors (Lipinski definition) is 8. The molecule has 170 valence electrons. The lowest BCUT2D eigenvalue weighted by atomic mass is 9.84. The summed E-state index contributed by atoms with van der Waals surface area (Å²) in [7, 11) is -3.75. The van der Waals surface area contributed by atoms with E-state index in [1.54, 1.807) is 5.48 Å². The molecule has 1 aliphatic rings. The van der Waals surface area contributed by atoms with E-state index in [1.165, 1.54) is 56.6 Å². The molecule has 3 rings (SSSR count). The Morgan fingerprint density at radius 3 is 2.81 bits per heavy atom. The van der Waals surface area contributed by atoms with Gasteiger partial charge >= 0.3 is 0 Å². The maximum Gasteiger partial charge on any atom is 0.244 e. The zero-order chi connectivity index (χ0) is 22.1. The van der Waals surface area contributed by atoms with Crippen LogP contribution in [0, 0.1) is 5.92 Å². The predicted molar refractivity (Wildman–Crippen MR) is 110 cm³/mol. The van der Waals surface area contributed by atoms with Gasteiger partial charge in [-0.2, -0.15) is 4.98 Å². The van der Waals surface area contributed by atoms with Gasteiger partial charge in [0.25, 0.3) is 0 Å². The SMILES string of the molecule is O=C(C[C@@H](CCCC1CCCCC1)c1nc(CNS(=O)(=O)c2cccnc2)no1)NO. The quantitative estimate of drug-likeness (QED) is 0.349. The van der Waals surface area contributed by atoms with E-state index < -0.39 is 15.9 Å². The van der Waals surface area contributed by atoms with Crippen molar-refractivity contribution in [2.45, 2.75) is 75.1 Å². The standard InChI is InChI=1S/C20H29N5O5S/c26-19(24-27)12-16(9-4-8-15-6-2-1-3-7-15)20-23-18(25-30-20)14-22-31(28,29)17-10-5-11-21-13-17/h5,10-11,13,15-16,22,27H,1-4,6-9,12,14H2,(H,24,26)/t16-/m1/s1. The largest absolute Gasteiger partial charge is 0.339 e. The molecule has 2 aromatic heterocycles. The van der Waals surface area contributed by atoms with Crippen LogP contribution in [0.3, 0.4) is 0 Å². The molecule has 0 saturated heterocycles. The smallest absolute Gasteiger partial charge is 0.244 e. The lowest BCUT2D eigenvalue weighted by Gasteiger charge is -2.22.